The van der Waals surface area contributed by atoms with Gasteiger partial charge in [0.1, 0.15) is 6.04 Å². The zero-order valence-corrected chi connectivity index (χ0v) is 19.6. The average Bonchev–Trinajstić information content (AvgIpc) is 3.21. The summed E-state index contributed by atoms with van der Waals surface area (Å²) in [7, 11) is -3.76. The van der Waals surface area contributed by atoms with E-state index >= 15 is 0 Å². The van der Waals surface area contributed by atoms with Crippen LogP contribution < -0.4 is 4.90 Å². The van der Waals surface area contributed by atoms with Crippen LogP contribution in [0.5, 0.6) is 0 Å². The zero-order chi connectivity index (χ0) is 22.0. The number of anilines is 1. The summed E-state index contributed by atoms with van der Waals surface area (Å²) in [5.74, 6) is -0.207. The largest absolute Gasteiger partial charge is 0.283 e. The van der Waals surface area contributed by atoms with Crippen molar-refractivity contribution in [2.45, 2.75) is 62.8 Å². The molecule has 0 bridgehead atoms. The average molecular weight is 460 g/mol. The highest BCUT2D eigenvalue weighted by Gasteiger charge is 2.40. The molecule has 0 N–H and O–H groups in total. The van der Waals surface area contributed by atoms with Crippen molar-refractivity contribution in [3.8, 4) is 0 Å². The monoisotopic (exact) mass is 459 g/mol. The molecule has 0 unspecified atom stereocenters. The highest BCUT2D eigenvalue weighted by Crippen LogP contribution is 2.34. The number of benzene rings is 1. The summed E-state index contributed by atoms with van der Waals surface area (Å²) in [4.78, 5) is 21.5. The van der Waals surface area contributed by atoms with Crippen molar-refractivity contribution >= 4 is 32.4 Å². The van der Waals surface area contributed by atoms with Crippen LogP contribution in [0.4, 0.5) is 5.13 Å². The molecule has 2 heterocycles. The minimum Gasteiger partial charge on any atom is -0.283 e. The van der Waals surface area contributed by atoms with Crippen molar-refractivity contribution < 1.29 is 13.2 Å². The van der Waals surface area contributed by atoms with E-state index in [4.69, 9.17) is 4.98 Å². The van der Waals surface area contributed by atoms with E-state index in [0.717, 1.165) is 49.8 Å². The van der Waals surface area contributed by atoms with Crippen LogP contribution in [-0.4, -0.2) is 42.7 Å². The molecule has 4 rings (SSSR count). The van der Waals surface area contributed by atoms with Gasteiger partial charge in [-0.2, -0.15) is 4.31 Å². The maximum Gasteiger partial charge on any atom is 0.247 e. The summed E-state index contributed by atoms with van der Waals surface area (Å²) in [6, 6.07) is 6.10. The smallest absolute Gasteiger partial charge is 0.247 e. The molecule has 1 aromatic carbocycles. The number of nitrogens with zero attached hydrogens (tertiary/aromatic N) is 3. The van der Waals surface area contributed by atoms with E-state index in [-0.39, 0.29) is 10.8 Å². The molecule has 1 fully saturated rings. The van der Waals surface area contributed by atoms with Gasteiger partial charge in [0, 0.05) is 18.0 Å². The normalized spacial score (nSPS) is 19.6. The molecular formula is C23H29N3O3S2. The Kier molecular flexibility index (Phi) is 6.60. The van der Waals surface area contributed by atoms with E-state index in [9.17, 15) is 13.2 Å². The fourth-order valence-electron chi connectivity index (χ4n) is 4.31. The Morgan fingerprint density at radius 1 is 1.23 bits per heavy atom. The molecular weight excluding hydrogens is 430 g/mol. The molecule has 6 nitrogen and oxygen atoms in total. The predicted molar refractivity (Wildman–Crippen MR) is 124 cm³/mol. The van der Waals surface area contributed by atoms with Gasteiger partial charge in [0.2, 0.25) is 15.9 Å². The summed E-state index contributed by atoms with van der Waals surface area (Å²) in [5, 5.41) is 0.662. The van der Waals surface area contributed by atoms with Gasteiger partial charge in [-0.1, -0.05) is 30.2 Å². The summed E-state index contributed by atoms with van der Waals surface area (Å²) in [6.07, 6.45) is 7.99. The van der Waals surface area contributed by atoms with E-state index in [1.807, 2.05) is 6.92 Å². The summed E-state index contributed by atoms with van der Waals surface area (Å²) in [5.41, 5.74) is 2.08. The van der Waals surface area contributed by atoms with Crippen LogP contribution in [0.15, 0.2) is 41.8 Å². The third kappa shape index (κ3) is 4.47. The highest BCUT2D eigenvalue weighted by molar-refractivity contribution is 7.89. The Morgan fingerprint density at radius 2 is 1.97 bits per heavy atom. The van der Waals surface area contributed by atoms with Gasteiger partial charge in [-0.15, -0.1) is 17.9 Å². The number of sulfonamides is 1. The fraction of sp³-hybridized carbons (Fsp3) is 0.478. The first kappa shape index (κ1) is 22.2. The zero-order valence-electron chi connectivity index (χ0n) is 17.9. The molecule has 0 spiro atoms. The maximum atomic E-state index is 13.7. The lowest BCUT2D eigenvalue weighted by molar-refractivity contribution is -0.123. The number of thiazole rings is 1. The van der Waals surface area contributed by atoms with Crippen LogP contribution in [-0.2, 0) is 27.7 Å². The molecule has 31 heavy (non-hydrogen) atoms. The summed E-state index contributed by atoms with van der Waals surface area (Å²) < 4.78 is 28.2. The van der Waals surface area contributed by atoms with Crippen molar-refractivity contribution in [1.29, 1.82) is 0 Å². The van der Waals surface area contributed by atoms with Crippen LogP contribution in [0, 0.1) is 6.92 Å². The van der Waals surface area contributed by atoms with Gasteiger partial charge < -0.3 is 0 Å². The fourth-order valence-corrected chi connectivity index (χ4v) is 7.12. The van der Waals surface area contributed by atoms with E-state index in [2.05, 4.69) is 6.58 Å². The topological polar surface area (TPSA) is 70.6 Å². The number of rotatable bonds is 6. The Bertz CT molecular complexity index is 1040. The van der Waals surface area contributed by atoms with Gasteiger partial charge >= 0.3 is 0 Å². The number of amides is 1. The third-order valence-corrected chi connectivity index (χ3v) is 9.11. The highest BCUT2D eigenvalue weighted by atomic mass is 32.2. The number of hydrogen-bond donors (Lipinski definition) is 0. The Balaban J connectivity index is 1.65. The molecule has 0 radical (unpaired) electrons. The first-order valence-corrected chi connectivity index (χ1v) is 13.2. The van der Waals surface area contributed by atoms with Gasteiger partial charge in [-0.3, -0.25) is 9.69 Å². The quantitative estimate of drug-likeness (QED) is 0.610. The Hall–Kier alpha value is -2.03. The van der Waals surface area contributed by atoms with Crippen molar-refractivity contribution in [3.63, 3.8) is 0 Å². The number of aromatic nitrogens is 1. The second-order valence-electron chi connectivity index (χ2n) is 8.25. The molecule has 1 aliphatic heterocycles. The number of fused-ring (bicyclic) bond motifs is 1. The second-order valence-corrected chi connectivity index (χ2v) is 11.2. The standard InChI is InChI=1S/C23H29N3O3S2/c1-3-15-25(23-24-19-8-4-5-10-21(19)30-23)22(27)20-9-6-7-16-26(20)31(28,29)18-13-11-17(2)12-14-18/h3,11-14,20H,1,4-10,15-16H2,2H3/t20-/m0/s1. The van der Waals surface area contributed by atoms with Gasteiger partial charge in [0.15, 0.2) is 5.13 Å². The Labute approximate surface area is 188 Å². The molecule has 1 atom stereocenters. The van der Waals surface area contributed by atoms with Crippen LogP contribution in [0.3, 0.4) is 0 Å². The molecule has 2 aliphatic rings. The number of hydrogen-bond acceptors (Lipinski definition) is 5. The third-order valence-electron chi connectivity index (χ3n) is 6.01. The van der Waals surface area contributed by atoms with Crippen molar-refractivity contribution in [3.05, 3.63) is 53.1 Å². The van der Waals surface area contributed by atoms with Crippen molar-refractivity contribution in [1.82, 2.24) is 9.29 Å². The van der Waals surface area contributed by atoms with Crippen LogP contribution in [0.2, 0.25) is 0 Å². The minimum absolute atomic E-state index is 0.207. The van der Waals surface area contributed by atoms with Crippen molar-refractivity contribution in [2.75, 3.05) is 18.0 Å². The molecule has 1 amide bonds. The molecule has 166 valence electrons. The SMILES string of the molecule is C=CCN(C(=O)[C@@H]1CCCCN1S(=O)(=O)c1ccc(C)cc1)c1nc2c(s1)CCCC2. The van der Waals surface area contributed by atoms with Gasteiger partial charge in [-0.05, 0) is 57.6 Å². The van der Waals surface area contributed by atoms with E-state index < -0.39 is 16.1 Å². The predicted octanol–water partition coefficient (Wildman–Crippen LogP) is 4.09. The van der Waals surface area contributed by atoms with Gasteiger partial charge in [0.05, 0.1) is 10.6 Å². The van der Waals surface area contributed by atoms with Gasteiger partial charge in [-0.25, -0.2) is 13.4 Å². The number of aryl methyl sites for hydroxylation is 3. The van der Waals surface area contributed by atoms with Crippen LogP contribution >= 0.6 is 11.3 Å². The van der Waals surface area contributed by atoms with E-state index in [1.54, 1.807) is 46.6 Å². The lowest BCUT2D eigenvalue weighted by Gasteiger charge is -2.36. The van der Waals surface area contributed by atoms with E-state index in [0.29, 0.717) is 24.6 Å². The first-order valence-electron chi connectivity index (χ1n) is 10.9. The summed E-state index contributed by atoms with van der Waals surface area (Å²) >= 11 is 1.56. The lowest BCUT2D eigenvalue weighted by atomic mass is 10.0. The van der Waals surface area contributed by atoms with Crippen LogP contribution in [0.1, 0.15) is 48.2 Å². The molecule has 1 aromatic heterocycles. The Morgan fingerprint density at radius 3 is 2.68 bits per heavy atom. The molecule has 8 heteroatoms. The second kappa shape index (κ2) is 9.22. The number of carbonyl (C=O) groups is 1. The van der Waals surface area contributed by atoms with Crippen molar-refractivity contribution in [2.24, 2.45) is 0 Å². The number of piperidine rings is 1. The lowest BCUT2D eigenvalue weighted by Crippen LogP contribution is -2.53. The molecule has 1 aliphatic carbocycles. The van der Waals surface area contributed by atoms with Gasteiger partial charge in [0.25, 0.3) is 0 Å². The minimum atomic E-state index is -3.76. The first-order chi connectivity index (χ1) is 14.9. The molecule has 2 aromatic rings. The van der Waals surface area contributed by atoms with Crippen LogP contribution in [0.25, 0.3) is 0 Å². The molecule has 0 saturated carbocycles. The van der Waals surface area contributed by atoms with E-state index in [1.165, 1.54) is 9.18 Å². The summed E-state index contributed by atoms with van der Waals surface area (Å²) in [6.45, 7) is 6.40. The number of carbonyl (C=O) groups excluding carboxylic acids is 1. The maximum absolute atomic E-state index is 13.7. The molecule has 1 saturated heterocycles.